The van der Waals surface area contributed by atoms with E-state index in [9.17, 15) is 0 Å². The third kappa shape index (κ3) is 3.20. The average molecular weight is 251 g/mol. The first-order valence-electron chi connectivity index (χ1n) is 5.56. The first-order valence-corrected chi connectivity index (χ1v) is 5.93. The molecule has 2 rings (SSSR count). The normalized spacial score (nSPS) is 10.8. The van der Waals surface area contributed by atoms with Crippen molar-refractivity contribution in [2.75, 3.05) is 5.32 Å². The summed E-state index contributed by atoms with van der Waals surface area (Å²) in [5.74, 6) is 2.01. The Morgan fingerprint density at radius 3 is 2.88 bits per heavy atom. The lowest BCUT2D eigenvalue weighted by Crippen LogP contribution is -2.01. The van der Waals surface area contributed by atoms with Gasteiger partial charge in [-0.2, -0.15) is 5.10 Å². The molecule has 0 spiro atoms. The van der Waals surface area contributed by atoms with Crippen molar-refractivity contribution in [2.24, 2.45) is 0 Å². The summed E-state index contributed by atoms with van der Waals surface area (Å²) in [6.07, 6.45) is 0. The third-order valence-electron chi connectivity index (χ3n) is 2.35. The van der Waals surface area contributed by atoms with E-state index in [4.69, 9.17) is 11.6 Å². The van der Waals surface area contributed by atoms with Gasteiger partial charge in [-0.15, -0.1) is 0 Å². The fourth-order valence-corrected chi connectivity index (χ4v) is 1.62. The van der Waals surface area contributed by atoms with Gasteiger partial charge in [-0.3, -0.25) is 5.10 Å². The molecule has 90 valence electrons. The molecule has 1 aromatic carbocycles. The highest BCUT2D eigenvalue weighted by molar-refractivity contribution is 6.30. The standard InChI is InChI=1S/C12H15ClN4/c1-8(2)12-15-11(16-17-12)7-14-10-5-3-4-9(13)6-10/h3-6,8,14H,7H2,1-2H3,(H,15,16,17). The maximum Gasteiger partial charge on any atom is 0.153 e. The van der Waals surface area contributed by atoms with Gasteiger partial charge in [-0.1, -0.05) is 31.5 Å². The second-order valence-electron chi connectivity index (χ2n) is 4.16. The maximum atomic E-state index is 5.90. The lowest BCUT2D eigenvalue weighted by atomic mass is 10.2. The van der Waals surface area contributed by atoms with Gasteiger partial charge in [0.1, 0.15) is 5.82 Å². The Balaban J connectivity index is 1.97. The monoisotopic (exact) mass is 250 g/mol. The van der Waals surface area contributed by atoms with Gasteiger partial charge in [0, 0.05) is 16.6 Å². The molecule has 0 aliphatic rings. The fraction of sp³-hybridized carbons (Fsp3) is 0.333. The molecule has 5 heteroatoms. The molecule has 0 amide bonds. The number of benzene rings is 1. The van der Waals surface area contributed by atoms with Crippen molar-refractivity contribution in [3.8, 4) is 0 Å². The number of H-pyrrole nitrogens is 1. The topological polar surface area (TPSA) is 53.6 Å². The second-order valence-corrected chi connectivity index (χ2v) is 4.60. The highest BCUT2D eigenvalue weighted by Crippen LogP contribution is 2.15. The van der Waals surface area contributed by atoms with Crippen molar-refractivity contribution >= 4 is 17.3 Å². The van der Waals surface area contributed by atoms with Gasteiger partial charge in [0.2, 0.25) is 0 Å². The molecule has 0 atom stereocenters. The van der Waals surface area contributed by atoms with E-state index in [-0.39, 0.29) is 0 Å². The number of hydrogen-bond acceptors (Lipinski definition) is 3. The van der Waals surface area contributed by atoms with E-state index in [2.05, 4.69) is 34.3 Å². The Labute approximate surface area is 105 Å². The summed E-state index contributed by atoms with van der Waals surface area (Å²) in [5, 5.41) is 11.0. The Kier molecular flexibility index (Phi) is 3.64. The van der Waals surface area contributed by atoms with E-state index in [1.54, 1.807) is 0 Å². The SMILES string of the molecule is CC(C)c1n[nH]c(CNc2cccc(Cl)c2)n1. The minimum atomic E-state index is 0.339. The highest BCUT2D eigenvalue weighted by atomic mass is 35.5. The second kappa shape index (κ2) is 5.19. The molecule has 1 heterocycles. The molecule has 1 aromatic heterocycles. The van der Waals surface area contributed by atoms with Crippen LogP contribution in [0.1, 0.15) is 31.4 Å². The number of halogens is 1. The van der Waals surface area contributed by atoms with Gasteiger partial charge in [0.25, 0.3) is 0 Å². The largest absolute Gasteiger partial charge is 0.378 e. The van der Waals surface area contributed by atoms with E-state index in [1.165, 1.54) is 0 Å². The molecule has 0 bridgehead atoms. The minimum Gasteiger partial charge on any atom is -0.378 e. The van der Waals surface area contributed by atoms with Gasteiger partial charge in [0.05, 0.1) is 6.54 Å². The van der Waals surface area contributed by atoms with E-state index >= 15 is 0 Å². The Hall–Kier alpha value is -1.55. The van der Waals surface area contributed by atoms with Crippen LogP contribution < -0.4 is 5.32 Å². The van der Waals surface area contributed by atoms with Crippen LogP contribution in [0.25, 0.3) is 0 Å². The molecule has 0 saturated heterocycles. The zero-order valence-corrected chi connectivity index (χ0v) is 10.6. The third-order valence-corrected chi connectivity index (χ3v) is 2.59. The first kappa shape index (κ1) is 11.9. The number of rotatable bonds is 4. The van der Waals surface area contributed by atoms with Crippen molar-refractivity contribution < 1.29 is 0 Å². The molecule has 0 saturated carbocycles. The molecular weight excluding hydrogens is 236 g/mol. The summed E-state index contributed by atoms with van der Waals surface area (Å²) in [4.78, 5) is 4.39. The lowest BCUT2D eigenvalue weighted by molar-refractivity contribution is 0.780. The van der Waals surface area contributed by atoms with E-state index < -0.39 is 0 Å². The van der Waals surface area contributed by atoms with Crippen molar-refractivity contribution in [1.29, 1.82) is 0 Å². The summed E-state index contributed by atoms with van der Waals surface area (Å²) in [7, 11) is 0. The number of hydrogen-bond donors (Lipinski definition) is 2. The van der Waals surface area contributed by atoms with Crippen molar-refractivity contribution in [1.82, 2.24) is 15.2 Å². The molecule has 0 fully saturated rings. The summed E-state index contributed by atoms with van der Waals surface area (Å²) in [6, 6.07) is 7.59. The van der Waals surface area contributed by atoms with Crippen LogP contribution in [0.4, 0.5) is 5.69 Å². The van der Waals surface area contributed by atoms with E-state index in [1.807, 2.05) is 24.3 Å². The molecule has 4 nitrogen and oxygen atoms in total. The molecule has 2 N–H and O–H groups in total. The van der Waals surface area contributed by atoms with Gasteiger partial charge >= 0.3 is 0 Å². The maximum absolute atomic E-state index is 5.90. The quantitative estimate of drug-likeness (QED) is 0.876. The Morgan fingerprint density at radius 2 is 2.24 bits per heavy atom. The summed E-state index contributed by atoms with van der Waals surface area (Å²) >= 11 is 5.90. The Morgan fingerprint density at radius 1 is 1.41 bits per heavy atom. The van der Waals surface area contributed by atoms with Crippen LogP contribution in [0.2, 0.25) is 5.02 Å². The molecule has 2 aromatic rings. The number of nitrogens with one attached hydrogen (secondary N) is 2. The number of anilines is 1. The van der Waals surface area contributed by atoms with Crippen LogP contribution in [0.3, 0.4) is 0 Å². The Bertz CT molecular complexity index is 493. The van der Waals surface area contributed by atoms with Crippen LogP contribution in [0.15, 0.2) is 24.3 Å². The van der Waals surface area contributed by atoms with Gasteiger partial charge < -0.3 is 5.32 Å². The molecule has 0 aliphatic heterocycles. The molecule has 0 radical (unpaired) electrons. The number of aromatic nitrogens is 3. The number of nitrogens with zero attached hydrogens (tertiary/aromatic N) is 2. The van der Waals surface area contributed by atoms with Gasteiger partial charge in [0.15, 0.2) is 5.82 Å². The van der Waals surface area contributed by atoms with Crippen LogP contribution in [0, 0.1) is 0 Å². The highest BCUT2D eigenvalue weighted by Gasteiger charge is 2.06. The fourth-order valence-electron chi connectivity index (χ4n) is 1.43. The average Bonchev–Trinajstić information content (AvgIpc) is 2.75. The van der Waals surface area contributed by atoms with Gasteiger partial charge in [-0.25, -0.2) is 4.98 Å². The number of aromatic amines is 1. The molecule has 0 aliphatic carbocycles. The van der Waals surface area contributed by atoms with Crippen LogP contribution >= 0.6 is 11.6 Å². The van der Waals surface area contributed by atoms with Crippen LogP contribution in [-0.4, -0.2) is 15.2 Å². The lowest BCUT2D eigenvalue weighted by Gasteiger charge is -2.03. The zero-order valence-electron chi connectivity index (χ0n) is 9.87. The smallest absolute Gasteiger partial charge is 0.153 e. The van der Waals surface area contributed by atoms with Crippen LogP contribution in [-0.2, 0) is 6.54 Å². The summed E-state index contributed by atoms with van der Waals surface area (Å²) in [6.45, 7) is 4.74. The van der Waals surface area contributed by atoms with Crippen molar-refractivity contribution in [3.05, 3.63) is 40.9 Å². The van der Waals surface area contributed by atoms with Gasteiger partial charge in [-0.05, 0) is 18.2 Å². The predicted molar refractivity (Wildman–Crippen MR) is 69.3 cm³/mol. The minimum absolute atomic E-state index is 0.339. The van der Waals surface area contributed by atoms with Crippen molar-refractivity contribution in [3.63, 3.8) is 0 Å². The van der Waals surface area contributed by atoms with Crippen molar-refractivity contribution in [2.45, 2.75) is 26.3 Å². The summed E-state index contributed by atoms with van der Waals surface area (Å²) < 4.78 is 0. The predicted octanol–water partition coefficient (Wildman–Crippen LogP) is 3.19. The molecular formula is C12H15ClN4. The van der Waals surface area contributed by atoms with Crippen LogP contribution in [0.5, 0.6) is 0 Å². The molecule has 0 unspecified atom stereocenters. The van der Waals surface area contributed by atoms with E-state index in [0.29, 0.717) is 12.5 Å². The zero-order chi connectivity index (χ0) is 12.3. The van der Waals surface area contributed by atoms with E-state index in [0.717, 1.165) is 22.4 Å². The summed E-state index contributed by atoms with van der Waals surface area (Å²) in [5.41, 5.74) is 0.972. The molecule has 17 heavy (non-hydrogen) atoms. The first-order chi connectivity index (χ1) is 8.15.